The number of sulfonamides is 1. The van der Waals surface area contributed by atoms with E-state index < -0.39 is 44.4 Å². The summed E-state index contributed by atoms with van der Waals surface area (Å²) >= 11 is 1.19. The van der Waals surface area contributed by atoms with Gasteiger partial charge in [-0.15, -0.1) is 11.8 Å². The van der Waals surface area contributed by atoms with E-state index in [2.05, 4.69) is 5.32 Å². The van der Waals surface area contributed by atoms with Crippen LogP contribution in [0.15, 0.2) is 23.1 Å². The van der Waals surface area contributed by atoms with Crippen molar-refractivity contribution in [3.8, 4) is 0 Å². The number of carbonyl (C=O) groups excluding carboxylic acids is 1. The number of thioether (sulfide) groups is 1. The summed E-state index contributed by atoms with van der Waals surface area (Å²) in [4.78, 5) is 11.6. The molecule has 144 valence electrons. The second-order valence-electron chi connectivity index (χ2n) is 6.24. The third-order valence-electron chi connectivity index (χ3n) is 4.26. The van der Waals surface area contributed by atoms with Crippen LogP contribution in [0.2, 0.25) is 0 Å². The highest BCUT2D eigenvalue weighted by atomic mass is 32.2. The summed E-state index contributed by atoms with van der Waals surface area (Å²) in [5, 5.41) is 2.69. The SMILES string of the molecule is O=C(NCC1CC1)C1CSCN1S(=O)(=O)c1ccc(F)c(C(F)(F)F)c1. The number of benzene rings is 1. The first kappa shape index (κ1) is 19.4. The second-order valence-corrected chi connectivity index (χ2v) is 9.13. The summed E-state index contributed by atoms with van der Waals surface area (Å²) in [7, 11) is -4.37. The maximum Gasteiger partial charge on any atom is 0.419 e. The van der Waals surface area contributed by atoms with Crippen LogP contribution >= 0.6 is 11.8 Å². The Hall–Kier alpha value is -1.33. The number of amides is 1. The minimum absolute atomic E-state index is 0.0530. The monoisotopic (exact) mass is 412 g/mol. The lowest BCUT2D eigenvalue weighted by Crippen LogP contribution is -2.47. The van der Waals surface area contributed by atoms with E-state index in [0.29, 0.717) is 18.5 Å². The van der Waals surface area contributed by atoms with Crippen LogP contribution in [0.1, 0.15) is 18.4 Å². The lowest BCUT2D eigenvalue weighted by molar-refractivity contribution is -0.140. The Morgan fingerprint density at radius 1 is 1.31 bits per heavy atom. The van der Waals surface area contributed by atoms with Crippen molar-refractivity contribution in [1.29, 1.82) is 0 Å². The molecule has 1 amide bonds. The van der Waals surface area contributed by atoms with Crippen molar-refractivity contribution in [2.45, 2.75) is 30.0 Å². The van der Waals surface area contributed by atoms with Gasteiger partial charge in [-0.1, -0.05) is 0 Å². The summed E-state index contributed by atoms with van der Waals surface area (Å²) in [6.07, 6.45) is -2.99. The van der Waals surface area contributed by atoms with Gasteiger partial charge in [0.2, 0.25) is 15.9 Å². The molecule has 1 aliphatic heterocycles. The topological polar surface area (TPSA) is 66.5 Å². The Morgan fingerprint density at radius 2 is 2.00 bits per heavy atom. The average molecular weight is 412 g/mol. The van der Waals surface area contributed by atoms with Crippen molar-refractivity contribution in [2.75, 3.05) is 18.2 Å². The molecule has 0 spiro atoms. The lowest BCUT2D eigenvalue weighted by atomic mass is 10.2. The third-order valence-corrected chi connectivity index (χ3v) is 7.28. The first-order valence-corrected chi connectivity index (χ1v) is 10.4. The fourth-order valence-corrected chi connectivity index (χ4v) is 5.75. The predicted octanol–water partition coefficient (Wildman–Crippen LogP) is 2.43. The molecule has 11 heteroatoms. The minimum Gasteiger partial charge on any atom is -0.354 e. The zero-order valence-corrected chi connectivity index (χ0v) is 15.1. The van der Waals surface area contributed by atoms with Gasteiger partial charge in [0.15, 0.2) is 0 Å². The van der Waals surface area contributed by atoms with Gasteiger partial charge < -0.3 is 5.32 Å². The van der Waals surface area contributed by atoms with E-state index in [1.807, 2.05) is 0 Å². The van der Waals surface area contributed by atoms with Gasteiger partial charge in [-0.05, 0) is 37.0 Å². The number of hydrogen-bond acceptors (Lipinski definition) is 4. The van der Waals surface area contributed by atoms with Crippen LogP contribution < -0.4 is 5.32 Å². The molecule has 0 radical (unpaired) electrons. The molecule has 1 N–H and O–H groups in total. The van der Waals surface area contributed by atoms with Crippen LogP contribution in [0.4, 0.5) is 17.6 Å². The van der Waals surface area contributed by atoms with Crippen LogP contribution in [0.3, 0.4) is 0 Å². The van der Waals surface area contributed by atoms with Crippen molar-refractivity contribution in [3.63, 3.8) is 0 Å². The maximum atomic E-state index is 13.4. The van der Waals surface area contributed by atoms with E-state index in [9.17, 15) is 30.8 Å². The van der Waals surface area contributed by atoms with Crippen molar-refractivity contribution >= 4 is 27.7 Å². The quantitative estimate of drug-likeness (QED) is 0.755. The Balaban J connectivity index is 1.85. The molecule has 1 unspecified atom stereocenters. The lowest BCUT2D eigenvalue weighted by Gasteiger charge is -2.23. The van der Waals surface area contributed by atoms with Crippen LogP contribution in [-0.4, -0.2) is 42.8 Å². The van der Waals surface area contributed by atoms with E-state index in [0.717, 1.165) is 23.2 Å². The minimum atomic E-state index is -5.02. The fraction of sp³-hybridized carbons (Fsp3) is 0.533. The Labute approximate surface area is 152 Å². The van der Waals surface area contributed by atoms with E-state index in [4.69, 9.17) is 0 Å². The molecular weight excluding hydrogens is 396 g/mol. The molecule has 1 aromatic rings. The van der Waals surface area contributed by atoms with Gasteiger partial charge in [0.05, 0.1) is 16.3 Å². The molecule has 1 atom stereocenters. The number of hydrogen-bond donors (Lipinski definition) is 1. The molecule has 5 nitrogen and oxygen atoms in total. The maximum absolute atomic E-state index is 13.4. The number of carbonyl (C=O) groups is 1. The Kier molecular flexibility index (Phi) is 5.24. The second kappa shape index (κ2) is 7.01. The van der Waals surface area contributed by atoms with E-state index in [1.165, 1.54) is 11.8 Å². The largest absolute Gasteiger partial charge is 0.419 e. The first-order valence-electron chi connectivity index (χ1n) is 7.85. The third kappa shape index (κ3) is 3.99. The van der Waals surface area contributed by atoms with Gasteiger partial charge >= 0.3 is 6.18 Å². The molecule has 1 saturated carbocycles. The molecule has 0 bridgehead atoms. The van der Waals surface area contributed by atoms with Crippen LogP contribution in [0, 0.1) is 11.7 Å². The average Bonchev–Trinajstić information content (AvgIpc) is 3.24. The van der Waals surface area contributed by atoms with Crippen LogP contribution in [0.5, 0.6) is 0 Å². The van der Waals surface area contributed by atoms with Crippen LogP contribution in [0.25, 0.3) is 0 Å². The number of rotatable bonds is 5. The molecule has 1 heterocycles. The zero-order chi connectivity index (χ0) is 19.1. The predicted molar refractivity (Wildman–Crippen MR) is 87.3 cm³/mol. The number of halogens is 4. The molecule has 2 fully saturated rings. The summed E-state index contributed by atoms with van der Waals surface area (Å²) in [6, 6.07) is 0.527. The molecule has 1 aliphatic carbocycles. The highest BCUT2D eigenvalue weighted by Gasteiger charge is 2.42. The molecular formula is C15H16F4N2O3S2. The zero-order valence-electron chi connectivity index (χ0n) is 13.4. The van der Waals surface area contributed by atoms with E-state index in [1.54, 1.807) is 0 Å². The summed E-state index contributed by atoms with van der Waals surface area (Å²) in [6.45, 7) is 0.461. The van der Waals surface area contributed by atoms with Gasteiger partial charge in [-0.2, -0.15) is 17.5 Å². The molecule has 1 saturated heterocycles. The normalized spacial score (nSPS) is 21.8. The molecule has 1 aromatic carbocycles. The number of nitrogens with one attached hydrogen (secondary N) is 1. The highest BCUT2D eigenvalue weighted by molar-refractivity contribution is 8.00. The van der Waals surface area contributed by atoms with Crippen molar-refractivity contribution in [1.82, 2.24) is 9.62 Å². The van der Waals surface area contributed by atoms with E-state index in [-0.39, 0.29) is 17.7 Å². The fourth-order valence-electron chi connectivity index (χ4n) is 2.57. The summed E-state index contributed by atoms with van der Waals surface area (Å²) in [5.41, 5.74) is -1.65. The van der Waals surface area contributed by atoms with Gasteiger partial charge in [0, 0.05) is 12.3 Å². The molecule has 0 aromatic heterocycles. The van der Waals surface area contributed by atoms with Crippen LogP contribution in [-0.2, 0) is 21.0 Å². The highest BCUT2D eigenvalue weighted by Crippen LogP contribution is 2.35. The first-order chi connectivity index (χ1) is 12.1. The Morgan fingerprint density at radius 3 is 2.62 bits per heavy atom. The molecule has 26 heavy (non-hydrogen) atoms. The smallest absolute Gasteiger partial charge is 0.354 e. The van der Waals surface area contributed by atoms with Gasteiger partial charge in [0.25, 0.3) is 0 Å². The van der Waals surface area contributed by atoms with Gasteiger partial charge in [-0.25, -0.2) is 12.8 Å². The summed E-state index contributed by atoms with van der Waals surface area (Å²) in [5.74, 6) is -1.45. The molecule has 3 rings (SSSR count). The van der Waals surface area contributed by atoms with Gasteiger partial charge in [0.1, 0.15) is 11.9 Å². The number of alkyl halides is 3. The van der Waals surface area contributed by atoms with E-state index >= 15 is 0 Å². The van der Waals surface area contributed by atoms with Gasteiger partial charge in [-0.3, -0.25) is 4.79 Å². The van der Waals surface area contributed by atoms with Crippen molar-refractivity contribution < 1.29 is 30.8 Å². The number of nitrogens with zero attached hydrogens (tertiary/aromatic N) is 1. The van der Waals surface area contributed by atoms with Crippen molar-refractivity contribution in [3.05, 3.63) is 29.6 Å². The Bertz CT molecular complexity index is 810. The molecule has 2 aliphatic rings. The standard InChI is InChI=1S/C15H16F4N2O3S2/c16-12-4-3-10(5-11(12)15(17,18)19)26(23,24)21-8-25-7-13(21)14(22)20-6-9-1-2-9/h3-5,9,13H,1-2,6-8H2,(H,20,22). The summed E-state index contributed by atoms with van der Waals surface area (Å²) < 4.78 is 78.3. The van der Waals surface area contributed by atoms with Crippen molar-refractivity contribution in [2.24, 2.45) is 5.92 Å².